The van der Waals surface area contributed by atoms with Crippen LogP contribution in [-0.4, -0.2) is 12.6 Å². The van der Waals surface area contributed by atoms with Gasteiger partial charge in [-0.1, -0.05) is 26.7 Å². The van der Waals surface area contributed by atoms with Crippen LogP contribution in [0.1, 0.15) is 46.5 Å². The van der Waals surface area contributed by atoms with Crippen LogP contribution in [-0.2, 0) is 0 Å². The summed E-state index contributed by atoms with van der Waals surface area (Å²) in [4.78, 5) is 0. The van der Waals surface area contributed by atoms with Crippen LogP contribution in [0.3, 0.4) is 0 Å². The van der Waals surface area contributed by atoms with Crippen molar-refractivity contribution >= 4 is 0 Å². The maximum absolute atomic E-state index is 3.46. The van der Waals surface area contributed by atoms with Crippen molar-refractivity contribution in [2.45, 2.75) is 52.5 Å². The first-order chi connectivity index (χ1) is 5.25. The fourth-order valence-corrected chi connectivity index (χ4v) is 2.04. The molecule has 1 rings (SSSR count). The minimum Gasteiger partial charge on any atom is -0.313 e. The summed E-state index contributed by atoms with van der Waals surface area (Å²) in [6.07, 6.45) is 5.52. The van der Waals surface area contributed by atoms with Gasteiger partial charge in [0.15, 0.2) is 0 Å². The molecule has 0 aliphatic carbocycles. The molecule has 2 atom stereocenters. The number of hydrogen-bond donors (Lipinski definition) is 1. The van der Waals surface area contributed by atoms with Gasteiger partial charge >= 0.3 is 0 Å². The molecule has 0 aromatic carbocycles. The van der Waals surface area contributed by atoms with Crippen LogP contribution in [0.4, 0.5) is 0 Å². The van der Waals surface area contributed by atoms with Gasteiger partial charge in [0.05, 0.1) is 0 Å². The van der Waals surface area contributed by atoms with E-state index in [1.54, 1.807) is 0 Å². The Labute approximate surface area is 70.6 Å². The summed E-state index contributed by atoms with van der Waals surface area (Å²) in [5, 5.41) is 3.46. The van der Waals surface area contributed by atoms with E-state index in [4.69, 9.17) is 0 Å². The molecule has 0 saturated carbocycles. The molecule has 1 N–H and O–H groups in total. The maximum atomic E-state index is 3.46. The zero-order valence-corrected chi connectivity index (χ0v) is 8.11. The molecule has 0 radical (unpaired) electrons. The molecular formula is C10H21N. The predicted molar refractivity (Wildman–Crippen MR) is 49.7 cm³/mol. The highest BCUT2D eigenvalue weighted by Gasteiger charge is 2.40. The van der Waals surface area contributed by atoms with Crippen LogP contribution in [0.15, 0.2) is 0 Å². The molecule has 0 aromatic rings. The molecule has 11 heavy (non-hydrogen) atoms. The SMILES string of the molecule is CCCCC1(CC)CNC1C. The number of unbranched alkanes of at least 4 members (excludes halogenated alkanes) is 1. The quantitative estimate of drug-likeness (QED) is 0.658. The van der Waals surface area contributed by atoms with E-state index in [2.05, 4.69) is 26.1 Å². The maximum Gasteiger partial charge on any atom is 0.0107 e. The third kappa shape index (κ3) is 1.58. The average molecular weight is 155 g/mol. The normalized spacial score (nSPS) is 36.8. The van der Waals surface area contributed by atoms with E-state index in [1.807, 2.05) is 0 Å². The zero-order valence-electron chi connectivity index (χ0n) is 8.11. The predicted octanol–water partition coefficient (Wildman–Crippen LogP) is 2.56. The first-order valence-electron chi connectivity index (χ1n) is 4.98. The van der Waals surface area contributed by atoms with Crippen molar-refractivity contribution < 1.29 is 0 Å². The second-order valence-corrected chi connectivity index (χ2v) is 3.92. The van der Waals surface area contributed by atoms with E-state index in [9.17, 15) is 0 Å². The lowest BCUT2D eigenvalue weighted by Crippen LogP contribution is -2.60. The van der Waals surface area contributed by atoms with Crippen LogP contribution in [0, 0.1) is 5.41 Å². The van der Waals surface area contributed by atoms with Gasteiger partial charge in [-0.15, -0.1) is 0 Å². The van der Waals surface area contributed by atoms with E-state index in [-0.39, 0.29) is 0 Å². The molecule has 66 valence electrons. The fraction of sp³-hybridized carbons (Fsp3) is 1.00. The number of nitrogens with one attached hydrogen (secondary N) is 1. The van der Waals surface area contributed by atoms with Crippen molar-refractivity contribution in [3.8, 4) is 0 Å². The summed E-state index contributed by atoms with van der Waals surface area (Å²) in [6.45, 7) is 8.18. The van der Waals surface area contributed by atoms with E-state index in [0.29, 0.717) is 5.41 Å². The highest BCUT2D eigenvalue weighted by atomic mass is 15.0. The Bertz CT molecular complexity index is 118. The van der Waals surface area contributed by atoms with E-state index < -0.39 is 0 Å². The van der Waals surface area contributed by atoms with Gasteiger partial charge in [-0.2, -0.15) is 0 Å². The molecular weight excluding hydrogens is 134 g/mol. The topological polar surface area (TPSA) is 12.0 Å². The van der Waals surface area contributed by atoms with Crippen LogP contribution < -0.4 is 5.32 Å². The Morgan fingerprint density at radius 1 is 1.45 bits per heavy atom. The van der Waals surface area contributed by atoms with E-state index >= 15 is 0 Å². The molecule has 0 spiro atoms. The van der Waals surface area contributed by atoms with Crippen molar-refractivity contribution in [3.63, 3.8) is 0 Å². The Hall–Kier alpha value is -0.0400. The zero-order chi connectivity index (χ0) is 8.32. The Balaban J connectivity index is 2.35. The minimum absolute atomic E-state index is 0.663. The molecule has 1 heterocycles. The average Bonchev–Trinajstić information content (AvgIpc) is 2.04. The van der Waals surface area contributed by atoms with E-state index in [1.165, 1.54) is 32.2 Å². The fourth-order valence-electron chi connectivity index (χ4n) is 2.04. The van der Waals surface area contributed by atoms with Crippen LogP contribution in [0.5, 0.6) is 0 Å². The van der Waals surface area contributed by atoms with Gasteiger partial charge in [-0.05, 0) is 25.2 Å². The van der Waals surface area contributed by atoms with Gasteiger partial charge in [0, 0.05) is 12.6 Å². The molecule has 0 amide bonds. The lowest BCUT2D eigenvalue weighted by molar-refractivity contribution is 0.0748. The molecule has 0 aromatic heterocycles. The van der Waals surface area contributed by atoms with Gasteiger partial charge in [-0.3, -0.25) is 0 Å². The number of hydrogen-bond acceptors (Lipinski definition) is 1. The van der Waals surface area contributed by atoms with Gasteiger partial charge < -0.3 is 5.32 Å². The highest BCUT2D eigenvalue weighted by molar-refractivity contribution is 4.98. The van der Waals surface area contributed by atoms with Crippen LogP contribution in [0.2, 0.25) is 0 Å². The van der Waals surface area contributed by atoms with Crippen molar-refractivity contribution in [2.24, 2.45) is 5.41 Å². The van der Waals surface area contributed by atoms with Crippen LogP contribution in [0.25, 0.3) is 0 Å². The monoisotopic (exact) mass is 155 g/mol. The molecule has 1 saturated heterocycles. The Morgan fingerprint density at radius 3 is 2.45 bits per heavy atom. The van der Waals surface area contributed by atoms with Crippen LogP contribution >= 0.6 is 0 Å². The molecule has 1 aliphatic rings. The summed E-state index contributed by atoms with van der Waals surface area (Å²) in [7, 11) is 0. The molecule has 1 aliphatic heterocycles. The largest absolute Gasteiger partial charge is 0.313 e. The summed E-state index contributed by atoms with van der Waals surface area (Å²) < 4.78 is 0. The Kier molecular flexibility index (Phi) is 2.94. The minimum atomic E-state index is 0.663. The second-order valence-electron chi connectivity index (χ2n) is 3.92. The van der Waals surface area contributed by atoms with Gasteiger partial charge in [-0.25, -0.2) is 0 Å². The molecule has 2 unspecified atom stereocenters. The number of rotatable bonds is 4. The molecule has 1 heteroatoms. The van der Waals surface area contributed by atoms with E-state index in [0.717, 1.165) is 6.04 Å². The first-order valence-corrected chi connectivity index (χ1v) is 4.98. The molecule has 1 nitrogen and oxygen atoms in total. The summed E-state index contributed by atoms with van der Waals surface area (Å²) in [6, 6.07) is 0.763. The molecule has 1 fully saturated rings. The lowest BCUT2D eigenvalue weighted by atomic mass is 9.69. The highest BCUT2D eigenvalue weighted by Crippen LogP contribution is 2.38. The van der Waals surface area contributed by atoms with Crippen molar-refractivity contribution in [1.82, 2.24) is 5.32 Å². The van der Waals surface area contributed by atoms with Gasteiger partial charge in [0.2, 0.25) is 0 Å². The van der Waals surface area contributed by atoms with Gasteiger partial charge in [0.25, 0.3) is 0 Å². The second kappa shape index (κ2) is 3.57. The van der Waals surface area contributed by atoms with Crippen molar-refractivity contribution in [1.29, 1.82) is 0 Å². The smallest absolute Gasteiger partial charge is 0.0107 e. The standard InChI is InChI=1S/C10H21N/c1-4-6-7-10(5-2)8-11-9(10)3/h9,11H,4-8H2,1-3H3. The summed E-state index contributed by atoms with van der Waals surface area (Å²) >= 11 is 0. The first kappa shape index (κ1) is 9.05. The molecule has 0 bridgehead atoms. The Morgan fingerprint density at radius 2 is 2.18 bits per heavy atom. The summed E-state index contributed by atoms with van der Waals surface area (Å²) in [5.41, 5.74) is 0.663. The third-order valence-corrected chi connectivity index (χ3v) is 3.41. The van der Waals surface area contributed by atoms with Crippen molar-refractivity contribution in [3.05, 3.63) is 0 Å². The third-order valence-electron chi connectivity index (χ3n) is 3.41. The lowest BCUT2D eigenvalue weighted by Gasteiger charge is -2.49. The van der Waals surface area contributed by atoms with Crippen molar-refractivity contribution in [2.75, 3.05) is 6.54 Å². The summed E-state index contributed by atoms with van der Waals surface area (Å²) in [5.74, 6) is 0. The van der Waals surface area contributed by atoms with Gasteiger partial charge in [0.1, 0.15) is 0 Å².